The molecule has 0 aliphatic heterocycles. The third-order valence-corrected chi connectivity index (χ3v) is 5.65. The molecule has 0 amide bonds. The predicted octanol–water partition coefficient (Wildman–Crippen LogP) is 4.09. The van der Waals surface area contributed by atoms with Crippen LogP contribution in [0.5, 0.6) is 0 Å². The van der Waals surface area contributed by atoms with Crippen molar-refractivity contribution < 1.29 is 8.42 Å². The minimum absolute atomic E-state index is 0.124. The van der Waals surface area contributed by atoms with Crippen LogP contribution in [0.3, 0.4) is 0 Å². The molecule has 0 atom stereocenters. The molecular weight excluding hydrogens is 352 g/mol. The lowest BCUT2D eigenvalue weighted by Gasteiger charge is -2.14. The predicted molar refractivity (Wildman–Crippen MR) is 94.1 cm³/mol. The van der Waals surface area contributed by atoms with Crippen LogP contribution >= 0.6 is 22.9 Å². The third kappa shape index (κ3) is 3.16. The van der Waals surface area contributed by atoms with Crippen LogP contribution in [0.4, 0.5) is 0 Å². The second-order valence-corrected chi connectivity index (χ2v) is 7.88. The van der Waals surface area contributed by atoms with Crippen LogP contribution in [-0.4, -0.2) is 13.4 Å². The molecular formula is C16H13ClN2O2S2. The first-order valence-electron chi connectivity index (χ1n) is 6.69. The fraction of sp³-hybridized carbons (Fsp3) is 0.0625. The van der Waals surface area contributed by atoms with Gasteiger partial charge in [0.15, 0.2) is 0 Å². The van der Waals surface area contributed by atoms with Gasteiger partial charge < -0.3 is 0 Å². The number of nitrogens with two attached hydrogens (primary N) is 1. The van der Waals surface area contributed by atoms with E-state index in [1.807, 2.05) is 12.1 Å². The number of hydrogen-bond acceptors (Lipinski definition) is 4. The van der Waals surface area contributed by atoms with Crippen LogP contribution in [0.2, 0.25) is 5.02 Å². The maximum atomic E-state index is 11.8. The van der Waals surface area contributed by atoms with Crippen LogP contribution in [0, 0.1) is 6.92 Å². The third-order valence-electron chi connectivity index (χ3n) is 3.56. The van der Waals surface area contributed by atoms with Crippen molar-refractivity contribution >= 4 is 33.0 Å². The van der Waals surface area contributed by atoms with Gasteiger partial charge in [0, 0.05) is 16.8 Å². The van der Waals surface area contributed by atoms with Crippen molar-refractivity contribution in [1.82, 2.24) is 4.98 Å². The van der Waals surface area contributed by atoms with E-state index in [0.29, 0.717) is 10.6 Å². The monoisotopic (exact) mass is 364 g/mol. The zero-order valence-electron chi connectivity index (χ0n) is 12.2. The molecule has 0 spiro atoms. The highest BCUT2D eigenvalue weighted by Gasteiger charge is 2.19. The molecule has 0 radical (unpaired) electrons. The van der Waals surface area contributed by atoms with E-state index in [9.17, 15) is 8.42 Å². The minimum atomic E-state index is -3.79. The molecule has 23 heavy (non-hydrogen) atoms. The van der Waals surface area contributed by atoms with Gasteiger partial charge in [0.1, 0.15) is 0 Å². The van der Waals surface area contributed by atoms with E-state index < -0.39 is 10.0 Å². The summed E-state index contributed by atoms with van der Waals surface area (Å²) in [6, 6.07) is 10.7. The molecule has 1 aromatic heterocycles. The number of halogens is 1. The summed E-state index contributed by atoms with van der Waals surface area (Å²) in [4.78, 5) is 5.11. The summed E-state index contributed by atoms with van der Waals surface area (Å²) < 4.78 is 23.6. The Labute approximate surface area is 143 Å². The molecule has 0 bridgehead atoms. The molecule has 0 fully saturated rings. The molecule has 118 valence electrons. The second-order valence-electron chi connectivity index (χ2n) is 5.03. The van der Waals surface area contributed by atoms with Gasteiger partial charge in [-0.05, 0) is 41.8 Å². The SMILES string of the molecule is Cc1c(S(N)(=O)=O)ccc(-c2ccc(Cl)cc2)c1-c1cncs1. The van der Waals surface area contributed by atoms with E-state index >= 15 is 0 Å². The van der Waals surface area contributed by atoms with E-state index in [4.69, 9.17) is 16.7 Å². The molecule has 0 unspecified atom stereocenters. The highest BCUT2D eigenvalue weighted by atomic mass is 35.5. The number of rotatable bonds is 3. The van der Waals surface area contributed by atoms with Gasteiger partial charge in [0.2, 0.25) is 10.0 Å². The Balaban J connectivity index is 2.33. The van der Waals surface area contributed by atoms with E-state index in [1.54, 1.807) is 42.9 Å². The average Bonchev–Trinajstić information content (AvgIpc) is 3.00. The highest BCUT2D eigenvalue weighted by Crippen LogP contribution is 2.39. The molecule has 0 saturated carbocycles. The largest absolute Gasteiger partial charge is 0.252 e. The summed E-state index contributed by atoms with van der Waals surface area (Å²) >= 11 is 7.40. The van der Waals surface area contributed by atoms with Crippen molar-refractivity contribution in [1.29, 1.82) is 0 Å². The molecule has 7 heteroatoms. The second kappa shape index (κ2) is 6.05. The molecule has 4 nitrogen and oxygen atoms in total. The maximum Gasteiger partial charge on any atom is 0.238 e. The number of sulfonamides is 1. The molecule has 3 aromatic rings. The Kier molecular flexibility index (Phi) is 4.25. The van der Waals surface area contributed by atoms with Gasteiger partial charge in [-0.15, -0.1) is 11.3 Å². The van der Waals surface area contributed by atoms with Crippen molar-refractivity contribution in [3.8, 4) is 21.6 Å². The summed E-state index contributed by atoms with van der Waals surface area (Å²) in [5.41, 5.74) is 5.01. The van der Waals surface area contributed by atoms with Crippen LogP contribution in [0.25, 0.3) is 21.6 Å². The van der Waals surface area contributed by atoms with Crippen LogP contribution in [-0.2, 0) is 10.0 Å². The van der Waals surface area contributed by atoms with E-state index in [1.165, 1.54) is 11.3 Å². The van der Waals surface area contributed by atoms with Crippen LogP contribution in [0.15, 0.2) is 53.0 Å². The lowest BCUT2D eigenvalue weighted by atomic mass is 9.95. The zero-order valence-corrected chi connectivity index (χ0v) is 14.5. The molecule has 0 aliphatic rings. The van der Waals surface area contributed by atoms with Crippen LogP contribution < -0.4 is 5.14 Å². The topological polar surface area (TPSA) is 73.1 Å². The number of primary sulfonamides is 1. The number of benzene rings is 2. The van der Waals surface area contributed by atoms with Crippen molar-refractivity contribution in [2.24, 2.45) is 5.14 Å². The molecule has 1 heterocycles. The minimum Gasteiger partial charge on any atom is -0.252 e. The summed E-state index contributed by atoms with van der Waals surface area (Å²) in [5.74, 6) is 0. The van der Waals surface area contributed by atoms with Gasteiger partial charge in [-0.3, -0.25) is 4.98 Å². The summed E-state index contributed by atoms with van der Waals surface area (Å²) in [5, 5.41) is 5.98. The maximum absolute atomic E-state index is 11.8. The standard InChI is InChI=1S/C16H13ClN2O2S2/c1-10-15(23(18,20)21)7-6-13(11-2-4-12(17)5-3-11)16(10)14-8-19-9-22-14/h2-9H,1H3,(H2,18,20,21). The van der Waals surface area contributed by atoms with Crippen molar-refractivity contribution in [2.75, 3.05) is 0 Å². The van der Waals surface area contributed by atoms with Crippen molar-refractivity contribution in [2.45, 2.75) is 11.8 Å². The fourth-order valence-electron chi connectivity index (χ4n) is 2.53. The van der Waals surface area contributed by atoms with Crippen LogP contribution in [0.1, 0.15) is 5.56 Å². The van der Waals surface area contributed by atoms with Crippen molar-refractivity contribution in [3.05, 3.63) is 58.7 Å². The normalized spacial score (nSPS) is 11.6. The lowest BCUT2D eigenvalue weighted by molar-refractivity contribution is 0.597. The molecule has 3 rings (SSSR count). The first kappa shape index (κ1) is 16.1. The quantitative estimate of drug-likeness (QED) is 0.760. The molecule has 0 aliphatic carbocycles. The molecule has 2 aromatic carbocycles. The van der Waals surface area contributed by atoms with E-state index in [2.05, 4.69) is 4.98 Å². The number of hydrogen-bond donors (Lipinski definition) is 1. The van der Waals surface area contributed by atoms with E-state index in [0.717, 1.165) is 21.6 Å². The first-order chi connectivity index (χ1) is 10.9. The Bertz CT molecular complexity index is 951. The van der Waals surface area contributed by atoms with Gasteiger partial charge in [0.05, 0.1) is 15.3 Å². The Morgan fingerprint density at radius 2 is 1.83 bits per heavy atom. The smallest absolute Gasteiger partial charge is 0.238 e. The lowest BCUT2D eigenvalue weighted by Crippen LogP contribution is -2.14. The number of nitrogens with zero attached hydrogens (tertiary/aromatic N) is 1. The Morgan fingerprint density at radius 3 is 2.39 bits per heavy atom. The van der Waals surface area contributed by atoms with E-state index in [-0.39, 0.29) is 4.90 Å². The van der Waals surface area contributed by atoms with Gasteiger partial charge in [-0.2, -0.15) is 0 Å². The van der Waals surface area contributed by atoms with Gasteiger partial charge in [-0.1, -0.05) is 29.8 Å². The summed E-state index contributed by atoms with van der Waals surface area (Å²) in [6.45, 7) is 1.76. The zero-order chi connectivity index (χ0) is 16.6. The summed E-state index contributed by atoms with van der Waals surface area (Å²) in [6.07, 6.45) is 1.72. The average molecular weight is 365 g/mol. The fourth-order valence-corrected chi connectivity index (χ4v) is 4.18. The highest BCUT2D eigenvalue weighted by molar-refractivity contribution is 7.89. The number of thiazole rings is 1. The Morgan fingerprint density at radius 1 is 1.13 bits per heavy atom. The molecule has 0 saturated heterocycles. The first-order valence-corrected chi connectivity index (χ1v) is 9.49. The van der Waals surface area contributed by atoms with Crippen molar-refractivity contribution in [3.63, 3.8) is 0 Å². The van der Waals surface area contributed by atoms with Gasteiger partial charge in [-0.25, -0.2) is 13.6 Å². The molecule has 2 N–H and O–H groups in total. The van der Waals surface area contributed by atoms with Gasteiger partial charge in [0.25, 0.3) is 0 Å². The Hall–Kier alpha value is -1.73. The number of aromatic nitrogens is 1. The van der Waals surface area contributed by atoms with Gasteiger partial charge >= 0.3 is 0 Å². The summed E-state index contributed by atoms with van der Waals surface area (Å²) in [7, 11) is -3.79.